The summed E-state index contributed by atoms with van der Waals surface area (Å²) in [5, 5.41) is 6.03. The number of ether oxygens (including phenoxy) is 2. The molecule has 0 radical (unpaired) electrons. The molecule has 1 aliphatic carbocycles. The Morgan fingerprint density at radius 3 is 2.57 bits per heavy atom. The lowest BCUT2D eigenvalue weighted by Crippen LogP contribution is -2.50. The first-order valence-electron chi connectivity index (χ1n) is 7.52. The Bertz CT molecular complexity index is 540. The molecule has 1 aromatic rings. The van der Waals surface area contributed by atoms with Gasteiger partial charge in [0.2, 0.25) is 0 Å². The molecule has 2 rings (SSSR count). The van der Waals surface area contributed by atoms with Crippen molar-refractivity contribution in [2.75, 3.05) is 5.32 Å². The van der Waals surface area contributed by atoms with E-state index in [4.69, 9.17) is 4.74 Å². The van der Waals surface area contributed by atoms with Gasteiger partial charge in [0.15, 0.2) is 0 Å². The maximum absolute atomic E-state index is 12.2. The van der Waals surface area contributed by atoms with Gasteiger partial charge in [-0.3, -0.25) is 0 Å². The predicted octanol–water partition coefficient (Wildman–Crippen LogP) is 3.76. The highest BCUT2D eigenvalue weighted by molar-refractivity contribution is 5.68. The number of hydrogen-bond donors (Lipinski definition) is 2. The van der Waals surface area contributed by atoms with E-state index in [1.807, 2.05) is 20.8 Å². The molecule has 0 unspecified atom stereocenters. The van der Waals surface area contributed by atoms with Gasteiger partial charge in [-0.15, -0.1) is 0 Å². The van der Waals surface area contributed by atoms with Gasteiger partial charge in [0, 0.05) is 23.8 Å². The zero-order valence-corrected chi connectivity index (χ0v) is 13.4. The van der Waals surface area contributed by atoms with Crippen molar-refractivity contribution < 1.29 is 23.0 Å². The summed E-state index contributed by atoms with van der Waals surface area (Å²) < 4.78 is 33.9. The fraction of sp³-hybridized carbons (Fsp3) is 0.562. The summed E-state index contributed by atoms with van der Waals surface area (Å²) in [4.78, 5) is 11.6. The summed E-state index contributed by atoms with van der Waals surface area (Å²) in [5.41, 5.74) is 0.195. The van der Waals surface area contributed by atoms with Gasteiger partial charge in [0.05, 0.1) is 0 Å². The van der Waals surface area contributed by atoms with Gasteiger partial charge in [-0.05, 0) is 45.7 Å². The number of anilines is 1. The molecule has 0 atom stereocenters. The first-order valence-corrected chi connectivity index (χ1v) is 7.52. The molecule has 1 fully saturated rings. The molecular formula is C16H22F2N2O3. The predicted molar refractivity (Wildman–Crippen MR) is 82.9 cm³/mol. The zero-order valence-electron chi connectivity index (χ0n) is 13.4. The van der Waals surface area contributed by atoms with Crippen LogP contribution in [0.1, 0.15) is 33.6 Å². The van der Waals surface area contributed by atoms with Gasteiger partial charge in [-0.25, -0.2) is 4.79 Å². The molecule has 2 N–H and O–H groups in total. The minimum atomic E-state index is -2.84. The molecule has 0 saturated heterocycles. The maximum atomic E-state index is 12.2. The van der Waals surface area contributed by atoms with E-state index in [-0.39, 0.29) is 17.8 Å². The molecule has 1 aromatic carbocycles. The first kappa shape index (κ1) is 17.3. The number of benzene rings is 1. The molecule has 128 valence electrons. The van der Waals surface area contributed by atoms with E-state index in [1.165, 1.54) is 12.1 Å². The van der Waals surface area contributed by atoms with Crippen molar-refractivity contribution in [3.8, 4) is 5.75 Å². The van der Waals surface area contributed by atoms with Crippen LogP contribution in [0, 0.1) is 0 Å². The second kappa shape index (κ2) is 7.02. The van der Waals surface area contributed by atoms with Crippen LogP contribution in [-0.2, 0) is 4.74 Å². The SMILES string of the molecule is CC(C)(C)OC(=O)NC1CC(Nc2cccc(OC(F)F)c2)C1. The van der Waals surface area contributed by atoms with Crippen LogP contribution in [0.5, 0.6) is 5.75 Å². The monoisotopic (exact) mass is 328 g/mol. The Balaban J connectivity index is 1.75. The maximum Gasteiger partial charge on any atom is 0.407 e. The quantitative estimate of drug-likeness (QED) is 0.864. The summed E-state index contributed by atoms with van der Waals surface area (Å²) >= 11 is 0. The van der Waals surface area contributed by atoms with E-state index in [2.05, 4.69) is 15.4 Å². The zero-order chi connectivity index (χ0) is 17.0. The normalized spacial score (nSPS) is 20.6. The molecule has 0 bridgehead atoms. The lowest BCUT2D eigenvalue weighted by atomic mass is 9.86. The van der Waals surface area contributed by atoms with Crippen LogP contribution < -0.4 is 15.4 Å². The number of amides is 1. The van der Waals surface area contributed by atoms with E-state index in [9.17, 15) is 13.6 Å². The van der Waals surface area contributed by atoms with E-state index >= 15 is 0 Å². The summed E-state index contributed by atoms with van der Waals surface area (Å²) in [7, 11) is 0. The van der Waals surface area contributed by atoms with Crippen LogP contribution in [0.3, 0.4) is 0 Å². The Hall–Kier alpha value is -2.05. The summed E-state index contributed by atoms with van der Waals surface area (Å²) in [6.07, 6.45) is 1.08. The molecule has 7 heteroatoms. The number of halogens is 2. The second-order valence-electron chi connectivity index (χ2n) is 6.56. The number of alkyl carbamates (subject to hydrolysis) is 1. The van der Waals surface area contributed by atoms with Gasteiger partial charge in [0.1, 0.15) is 11.4 Å². The summed E-state index contributed by atoms with van der Waals surface area (Å²) in [6, 6.07) is 6.67. The lowest BCUT2D eigenvalue weighted by Gasteiger charge is -2.37. The second-order valence-corrected chi connectivity index (χ2v) is 6.56. The summed E-state index contributed by atoms with van der Waals surface area (Å²) in [6.45, 7) is 2.60. The number of carbonyl (C=O) groups is 1. The third-order valence-corrected chi connectivity index (χ3v) is 3.29. The Kier molecular flexibility index (Phi) is 5.28. The highest BCUT2D eigenvalue weighted by atomic mass is 19.3. The van der Waals surface area contributed by atoms with Crippen molar-refractivity contribution >= 4 is 11.8 Å². The minimum absolute atomic E-state index is 0.0582. The molecule has 0 spiro atoms. The van der Waals surface area contributed by atoms with Crippen LogP contribution in [0.25, 0.3) is 0 Å². The number of carbonyl (C=O) groups excluding carboxylic acids is 1. The third kappa shape index (κ3) is 5.92. The molecule has 0 aromatic heterocycles. The average Bonchev–Trinajstić information content (AvgIpc) is 2.33. The first-order chi connectivity index (χ1) is 10.7. The summed E-state index contributed by atoms with van der Waals surface area (Å²) in [5.74, 6) is 0.118. The Morgan fingerprint density at radius 2 is 1.96 bits per heavy atom. The van der Waals surface area contributed by atoms with Crippen LogP contribution in [0.15, 0.2) is 24.3 Å². The van der Waals surface area contributed by atoms with Crippen LogP contribution >= 0.6 is 0 Å². The molecule has 23 heavy (non-hydrogen) atoms. The molecule has 0 aliphatic heterocycles. The van der Waals surface area contributed by atoms with Crippen molar-refractivity contribution in [3.05, 3.63) is 24.3 Å². The third-order valence-electron chi connectivity index (χ3n) is 3.29. The van der Waals surface area contributed by atoms with E-state index in [1.54, 1.807) is 12.1 Å². The minimum Gasteiger partial charge on any atom is -0.444 e. The van der Waals surface area contributed by atoms with Gasteiger partial charge in [-0.1, -0.05) is 6.07 Å². The van der Waals surface area contributed by atoms with Crippen molar-refractivity contribution in [3.63, 3.8) is 0 Å². The number of nitrogens with one attached hydrogen (secondary N) is 2. The molecular weight excluding hydrogens is 306 g/mol. The van der Waals surface area contributed by atoms with Crippen LogP contribution in [0.4, 0.5) is 19.3 Å². The van der Waals surface area contributed by atoms with Crippen molar-refractivity contribution in [1.82, 2.24) is 5.32 Å². The van der Waals surface area contributed by atoms with Gasteiger partial charge < -0.3 is 20.1 Å². The van der Waals surface area contributed by atoms with Crippen molar-refractivity contribution in [2.45, 2.75) is 57.9 Å². The van der Waals surface area contributed by atoms with Crippen LogP contribution in [0.2, 0.25) is 0 Å². The van der Waals surface area contributed by atoms with Crippen molar-refractivity contribution in [2.24, 2.45) is 0 Å². The Morgan fingerprint density at radius 1 is 1.26 bits per heavy atom. The standard InChI is InChI=1S/C16H22F2N2O3/c1-16(2,3)23-15(21)20-12-7-11(8-12)19-10-5-4-6-13(9-10)22-14(17)18/h4-6,9,11-12,14,19H,7-8H2,1-3H3,(H,20,21). The Labute approximate surface area is 134 Å². The average molecular weight is 328 g/mol. The van der Waals surface area contributed by atoms with Gasteiger partial charge in [0.25, 0.3) is 0 Å². The molecule has 5 nitrogen and oxygen atoms in total. The highest BCUT2D eigenvalue weighted by Gasteiger charge is 2.31. The van der Waals surface area contributed by atoms with Gasteiger partial charge in [-0.2, -0.15) is 8.78 Å². The highest BCUT2D eigenvalue weighted by Crippen LogP contribution is 2.27. The number of alkyl halides is 2. The largest absolute Gasteiger partial charge is 0.444 e. The fourth-order valence-corrected chi connectivity index (χ4v) is 2.33. The molecule has 0 heterocycles. The number of rotatable bonds is 5. The van der Waals surface area contributed by atoms with E-state index in [0.29, 0.717) is 5.69 Å². The molecule has 1 amide bonds. The fourth-order valence-electron chi connectivity index (χ4n) is 2.33. The smallest absolute Gasteiger partial charge is 0.407 e. The van der Waals surface area contributed by atoms with E-state index in [0.717, 1.165) is 12.8 Å². The van der Waals surface area contributed by atoms with Gasteiger partial charge >= 0.3 is 12.7 Å². The van der Waals surface area contributed by atoms with E-state index < -0.39 is 18.3 Å². The van der Waals surface area contributed by atoms with Crippen molar-refractivity contribution in [1.29, 1.82) is 0 Å². The molecule has 1 aliphatic rings. The lowest BCUT2D eigenvalue weighted by molar-refractivity contribution is -0.0498. The number of hydrogen-bond acceptors (Lipinski definition) is 4. The topological polar surface area (TPSA) is 59.6 Å². The van der Waals surface area contributed by atoms with Crippen LogP contribution in [-0.4, -0.2) is 30.4 Å². The molecule has 1 saturated carbocycles.